The maximum atomic E-state index is 14.7. The number of nitrogens with zero attached hydrogens (tertiary/aromatic N) is 3. The molecule has 1 saturated heterocycles. The van der Waals surface area contributed by atoms with Crippen molar-refractivity contribution in [1.29, 1.82) is 0 Å². The van der Waals surface area contributed by atoms with Crippen molar-refractivity contribution < 1.29 is 4.39 Å². The molecular formula is C29H29FN4O. The molecule has 2 aliphatic rings. The molecule has 2 unspecified atom stereocenters. The number of halogens is 1. The Hall–Kier alpha value is -3.51. The van der Waals surface area contributed by atoms with Gasteiger partial charge in [0.15, 0.2) is 0 Å². The van der Waals surface area contributed by atoms with Gasteiger partial charge in [-0.1, -0.05) is 36.4 Å². The molecule has 2 N–H and O–H groups in total. The van der Waals surface area contributed by atoms with Crippen LogP contribution < -0.4 is 16.2 Å². The molecule has 1 saturated carbocycles. The average molecular weight is 469 g/mol. The summed E-state index contributed by atoms with van der Waals surface area (Å²) >= 11 is 0. The lowest BCUT2D eigenvalue weighted by Crippen LogP contribution is -2.34. The first-order chi connectivity index (χ1) is 16.9. The lowest BCUT2D eigenvalue weighted by molar-refractivity contribution is 0.533. The Bertz CT molecular complexity index is 1510. The van der Waals surface area contributed by atoms with E-state index in [9.17, 15) is 9.18 Å². The Morgan fingerprint density at radius 2 is 1.91 bits per heavy atom. The van der Waals surface area contributed by atoms with Crippen molar-refractivity contribution in [3.8, 4) is 11.1 Å². The van der Waals surface area contributed by atoms with E-state index in [0.717, 1.165) is 36.2 Å². The average Bonchev–Trinajstić information content (AvgIpc) is 3.53. The summed E-state index contributed by atoms with van der Waals surface area (Å²) in [5.41, 5.74) is 11.7. The number of aromatic nitrogens is 2. The highest BCUT2D eigenvalue weighted by Crippen LogP contribution is 2.63. The fourth-order valence-corrected chi connectivity index (χ4v) is 6.31. The standard InChI is InChI=1S/C29H29FN4O/c1-18-6-5-7-21(19(18)2)20-10-11-26-32-27(14-28(35)34(26)15-20)33-13-12-22-24(16-33)29(22,17-31)23-8-3-4-9-25(23)30/h3-11,14-15,22,24H,12-13,16-17,31H2,1-2H3/t22?,24?,29-/m1/s1. The Morgan fingerprint density at radius 3 is 2.71 bits per heavy atom. The van der Waals surface area contributed by atoms with Gasteiger partial charge in [-0.25, -0.2) is 9.37 Å². The Kier molecular flexibility index (Phi) is 5.04. The van der Waals surface area contributed by atoms with Crippen LogP contribution in [0, 0.1) is 31.5 Å². The summed E-state index contributed by atoms with van der Waals surface area (Å²) in [5, 5.41) is 0. The molecule has 2 aromatic heterocycles. The van der Waals surface area contributed by atoms with Gasteiger partial charge < -0.3 is 10.6 Å². The van der Waals surface area contributed by atoms with Crippen molar-refractivity contribution in [3.63, 3.8) is 0 Å². The third kappa shape index (κ3) is 3.31. The first-order valence-corrected chi connectivity index (χ1v) is 12.2. The summed E-state index contributed by atoms with van der Waals surface area (Å²) in [7, 11) is 0. The van der Waals surface area contributed by atoms with E-state index in [4.69, 9.17) is 10.7 Å². The number of pyridine rings is 1. The first-order valence-electron chi connectivity index (χ1n) is 12.2. The number of benzene rings is 2. The topological polar surface area (TPSA) is 63.6 Å². The van der Waals surface area contributed by atoms with Crippen LogP contribution in [0.3, 0.4) is 0 Å². The van der Waals surface area contributed by atoms with E-state index in [1.165, 1.54) is 17.2 Å². The van der Waals surface area contributed by atoms with Gasteiger partial charge in [0.1, 0.15) is 17.3 Å². The second-order valence-electron chi connectivity index (χ2n) is 10.0. The maximum Gasteiger partial charge on any atom is 0.259 e. The summed E-state index contributed by atoms with van der Waals surface area (Å²) in [6.45, 7) is 6.11. The van der Waals surface area contributed by atoms with E-state index in [0.29, 0.717) is 23.9 Å². The van der Waals surface area contributed by atoms with Crippen molar-refractivity contribution >= 4 is 11.5 Å². The lowest BCUT2D eigenvalue weighted by atomic mass is 9.91. The van der Waals surface area contributed by atoms with Gasteiger partial charge in [0.25, 0.3) is 5.56 Å². The molecule has 6 rings (SSSR count). The van der Waals surface area contributed by atoms with Crippen LogP contribution >= 0.6 is 0 Å². The van der Waals surface area contributed by atoms with E-state index in [1.54, 1.807) is 16.5 Å². The molecule has 0 radical (unpaired) electrons. The molecule has 3 atom stereocenters. The zero-order valence-electron chi connectivity index (χ0n) is 20.0. The van der Waals surface area contributed by atoms with Crippen LogP contribution in [0.25, 0.3) is 16.8 Å². The van der Waals surface area contributed by atoms with Crippen LogP contribution in [0.15, 0.2) is 71.7 Å². The number of hydrogen-bond donors (Lipinski definition) is 1. The summed E-state index contributed by atoms with van der Waals surface area (Å²) in [5.74, 6) is 1.12. The molecular weight excluding hydrogens is 439 g/mol. The van der Waals surface area contributed by atoms with Gasteiger partial charge in [-0.2, -0.15) is 0 Å². The number of rotatable bonds is 4. The van der Waals surface area contributed by atoms with Gasteiger partial charge in [0, 0.05) is 37.3 Å². The number of nitrogens with two attached hydrogens (primary N) is 1. The van der Waals surface area contributed by atoms with E-state index in [2.05, 4.69) is 30.9 Å². The molecule has 0 amide bonds. The maximum absolute atomic E-state index is 14.7. The second kappa shape index (κ2) is 8.02. The minimum absolute atomic E-state index is 0.103. The van der Waals surface area contributed by atoms with Crippen molar-refractivity contribution in [1.82, 2.24) is 9.38 Å². The monoisotopic (exact) mass is 468 g/mol. The van der Waals surface area contributed by atoms with Crippen LogP contribution in [-0.4, -0.2) is 29.0 Å². The molecule has 1 aliphatic carbocycles. The second-order valence-corrected chi connectivity index (χ2v) is 10.0. The zero-order valence-corrected chi connectivity index (χ0v) is 20.0. The molecule has 35 heavy (non-hydrogen) atoms. The number of aryl methyl sites for hydroxylation is 1. The summed E-state index contributed by atoms with van der Waals surface area (Å²) in [6, 6.07) is 18.8. The van der Waals surface area contributed by atoms with E-state index >= 15 is 0 Å². The Morgan fingerprint density at radius 1 is 1.09 bits per heavy atom. The fourth-order valence-electron chi connectivity index (χ4n) is 6.31. The molecule has 3 heterocycles. The number of piperidine rings is 1. The molecule has 178 valence electrons. The van der Waals surface area contributed by atoms with Crippen LogP contribution in [0.4, 0.5) is 10.2 Å². The van der Waals surface area contributed by atoms with Gasteiger partial charge in [-0.05, 0) is 78.1 Å². The lowest BCUT2D eigenvalue weighted by Gasteiger charge is -2.27. The normalized spacial score (nSPS) is 23.4. The Balaban J connectivity index is 1.32. The SMILES string of the molecule is Cc1cccc(-c2ccc3nc(N4CCC5C(C4)[C@@]5(CN)c4ccccc4F)cc(=O)n3c2)c1C. The molecule has 0 bridgehead atoms. The van der Waals surface area contributed by atoms with Gasteiger partial charge >= 0.3 is 0 Å². The molecule has 2 fully saturated rings. The van der Waals surface area contributed by atoms with Gasteiger partial charge in [-0.3, -0.25) is 9.20 Å². The third-order valence-corrected chi connectivity index (χ3v) is 8.43. The number of fused-ring (bicyclic) bond motifs is 2. The predicted octanol–water partition coefficient (Wildman–Crippen LogP) is 4.47. The van der Waals surface area contributed by atoms with E-state index in [-0.39, 0.29) is 22.7 Å². The van der Waals surface area contributed by atoms with Gasteiger partial charge in [0.05, 0.1) is 0 Å². The highest BCUT2D eigenvalue weighted by molar-refractivity contribution is 5.69. The van der Waals surface area contributed by atoms with Crippen LogP contribution in [0.2, 0.25) is 0 Å². The molecule has 5 nitrogen and oxygen atoms in total. The van der Waals surface area contributed by atoms with Crippen LogP contribution in [0.1, 0.15) is 23.1 Å². The number of anilines is 1. The third-order valence-electron chi connectivity index (χ3n) is 8.43. The van der Waals surface area contributed by atoms with Crippen molar-refractivity contribution in [2.24, 2.45) is 17.6 Å². The summed E-state index contributed by atoms with van der Waals surface area (Å²) < 4.78 is 16.3. The molecule has 1 aliphatic heterocycles. The summed E-state index contributed by atoms with van der Waals surface area (Å²) in [6.07, 6.45) is 2.78. The highest BCUT2D eigenvalue weighted by atomic mass is 19.1. The van der Waals surface area contributed by atoms with Gasteiger partial charge in [-0.15, -0.1) is 0 Å². The molecule has 0 spiro atoms. The van der Waals surface area contributed by atoms with Crippen LogP contribution in [-0.2, 0) is 5.41 Å². The first kappa shape index (κ1) is 22.0. The largest absolute Gasteiger partial charge is 0.356 e. The quantitative estimate of drug-likeness (QED) is 0.480. The minimum Gasteiger partial charge on any atom is -0.356 e. The predicted molar refractivity (Wildman–Crippen MR) is 137 cm³/mol. The Labute approximate surface area is 204 Å². The highest BCUT2D eigenvalue weighted by Gasteiger charge is 2.66. The van der Waals surface area contributed by atoms with E-state index < -0.39 is 0 Å². The smallest absolute Gasteiger partial charge is 0.259 e. The molecule has 6 heteroatoms. The van der Waals surface area contributed by atoms with Gasteiger partial charge in [0.2, 0.25) is 0 Å². The van der Waals surface area contributed by atoms with Crippen LogP contribution in [0.5, 0.6) is 0 Å². The minimum atomic E-state index is -0.327. The zero-order chi connectivity index (χ0) is 24.3. The van der Waals surface area contributed by atoms with Crippen molar-refractivity contribution in [2.75, 3.05) is 24.5 Å². The summed E-state index contributed by atoms with van der Waals surface area (Å²) in [4.78, 5) is 20.1. The fraction of sp³-hybridized carbons (Fsp3) is 0.310. The molecule has 4 aromatic rings. The van der Waals surface area contributed by atoms with Crippen molar-refractivity contribution in [2.45, 2.75) is 25.7 Å². The van der Waals surface area contributed by atoms with Crippen molar-refractivity contribution in [3.05, 3.63) is 99.7 Å². The van der Waals surface area contributed by atoms with E-state index in [1.807, 2.05) is 36.5 Å². The number of hydrogen-bond acceptors (Lipinski definition) is 4. The molecule has 2 aromatic carbocycles.